The topological polar surface area (TPSA) is 26.0 Å². The first kappa shape index (κ1) is 14.8. The van der Waals surface area contributed by atoms with Gasteiger partial charge in [-0.05, 0) is 12.3 Å². The molecule has 0 aliphatic rings. The monoisotopic (exact) mass is 225 g/mol. The number of rotatable bonds is 7. The van der Waals surface area contributed by atoms with Gasteiger partial charge in [-0.2, -0.15) is 13.2 Å². The summed E-state index contributed by atoms with van der Waals surface area (Å²) in [6, 6.07) is -0.730. The van der Waals surface area contributed by atoms with Gasteiger partial charge in [0.05, 0.1) is 6.42 Å². The van der Waals surface area contributed by atoms with Crippen LogP contribution in [-0.2, 0) is 0 Å². The van der Waals surface area contributed by atoms with Crippen molar-refractivity contribution in [2.45, 2.75) is 64.6 Å². The SMILES string of the molecule is CCCCC(CC)CC(N)CC(F)(F)F. The Morgan fingerprint density at radius 3 is 2.20 bits per heavy atom. The number of hydrogen-bond donors (Lipinski definition) is 1. The fourth-order valence-corrected chi connectivity index (χ4v) is 1.79. The molecule has 0 aromatic carbocycles. The predicted molar refractivity (Wildman–Crippen MR) is 56.6 cm³/mol. The fraction of sp³-hybridized carbons (Fsp3) is 1.00. The number of halogens is 3. The van der Waals surface area contributed by atoms with Crippen molar-refractivity contribution in [2.75, 3.05) is 0 Å². The van der Waals surface area contributed by atoms with E-state index in [4.69, 9.17) is 5.73 Å². The van der Waals surface area contributed by atoms with E-state index in [2.05, 4.69) is 6.92 Å². The molecule has 0 saturated carbocycles. The van der Waals surface area contributed by atoms with Gasteiger partial charge in [0.2, 0.25) is 0 Å². The van der Waals surface area contributed by atoms with E-state index in [9.17, 15) is 13.2 Å². The van der Waals surface area contributed by atoms with Gasteiger partial charge in [-0.25, -0.2) is 0 Å². The maximum absolute atomic E-state index is 12.0. The molecule has 4 heteroatoms. The third-order valence-electron chi connectivity index (χ3n) is 2.67. The van der Waals surface area contributed by atoms with Crippen LogP contribution in [-0.4, -0.2) is 12.2 Å². The summed E-state index contributed by atoms with van der Waals surface area (Å²) < 4.78 is 36.1. The highest BCUT2D eigenvalue weighted by molar-refractivity contribution is 4.71. The molecule has 1 nitrogen and oxygen atoms in total. The largest absolute Gasteiger partial charge is 0.390 e. The van der Waals surface area contributed by atoms with Crippen molar-refractivity contribution in [1.29, 1.82) is 0 Å². The van der Waals surface area contributed by atoms with Crippen LogP contribution >= 0.6 is 0 Å². The standard InChI is InChI=1S/C11H22F3N/c1-3-5-6-9(4-2)7-10(15)8-11(12,13)14/h9-10H,3-8,15H2,1-2H3. The Morgan fingerprint density at radius 1 is 1.20 bits per heavy atom. The van der Waals surface area contributed by atoms with Gasteiger partial charge in [0.25, 0.3) is 0 Å². The maximum Gasteiger partial charge on any atom is 0.390 e. The molecule has 2 N–H and O–H groups in total. The van der Waals surface area contributed by atoms with Crippen molar-refractivity contribution in [2.24, 2.45) is 11.7 Å². The average molecular weight is 225 g/mol. The second-order valence-electron chi connectivity index (χ2n) is 4.23. The number of hydrogen-bond acceptors (Lipinski definition) is 1. The van der Waals surface area contributed by atoms with E-state index in [1.165, 1.54) is 0 Å². The minimum Gasteiger partial charge on any atom is -0.327 e. The number of alkyl halides is 3. The molecule has 0 amide bonds. The first-order chi connectivity index (χ1) is 6.89. The fourth-order valence-electron chi connectivity index (χ4n) is 1.79. The van der Waals surface area contributed by atoms with E-state index in [0.29, 0.717) is 12.3 Å². The van der Waals surface area contributed by atoms with Crippen LogP contribution in [0.25, 0.3) is 0 Å². The first-order valence-corrected chi connectivity index (χ1v) is 5.71. The van der Waals surface area contributed by atoms with Gasteiger partial charge in [-0.15, -0.1) is 0 Å². The van der Waals surface area contributed by atoms with Gasteiger partial charge < -0.3 is 5.73 Å². The summed E-state index contributed by atoms with van der Waals surface area (Å²) in [7, 11) is 0. The van der Waals surface area contributed by atoms with Crippen molar-refractivity contribution in [3.63, 3.8) is 0 Å². The van der Waals surface area contributed by atoms with Crippen LogP contribution in [0.3, 0.4) is 0 Å². The van der Waals surface area contributed by atoms with Crippen molar-refractivity contribution >= 4 is 0 Å². The van der Waals surface area contributed by atoms with Crippen LogP contribution < -0.4 is 5.73 Å². The highest BCUT2D eigenvalue weighted by Gasteiger charge is 2.30. The third kappa shape index (κ3) is 8.73. The Labute approximate surface area is 90.2 Å². The number of unbranched alkanes of at least 4 members (excludes halogenated alkanes) is 1. The van der Waals surface area contributed by atoms with Gasteiger partial charge in [-0.3, -0.25) is 0 Å². The van der Waals surface area contributed by atoms with Crippen molar-refractivity contribution in [3.8, 4) is 0 Å². The molecule has 0 aliphatic heterocycles. The zero-order valence-corrected chi connectivity index (χ0v) is 9.61. The normalized spacial score (nSPS) is 16.4. The van der Waals surface area contributed by atoms with Crippen LogP contribution in [0.1, 0.15) is 52.4 Å². The average Bonchev–Trinajstić information content (AvgIpc) is 2.09. The van der Waals surface area contributed by atoms with E-state index in [1.54, 1.807) is 0 Å². The Hall–Kier alpha value is -0.250. The van der Waals surface area contributed by atoms with Gasteiger partial charge >= 0.3 is 6.18 Å². The lowest BCUT2D eigenvalue weighted by Crippen LogP contribution is -2.29. The van der Waals surface area contributed by atoms with E-state index in [1.807, 2.05) is 6.92 Å². The minimum absolute atomic E-state index is 0.349. The van der Waals surface area contributed by atoms with Crippen molar-refractivity contribution < 1.29 is 13.2 Å². The Balaban J connectivity index is 3.85. The molecule has 0 heterocycles. The zero-order valence-electron chi connectivity index (χ0n) is 9.61. The molecule has 15 heavy (non-hydrogen) atoms. The molecule has 0 rings (SSSR count). The molecule has 0 spiro atoms. The summed E-state index contributed by atoms with van der Waals surface area (Å²) in [4.78, 5) is 0. The second kappa shape index (κ2) is 7.09. The first-order valence-electron chi connectivity index (χ1n) is 5.71. The highest BCUT2D eigenvalue weighted by Crippen LogP contribution is 2.25. The smallest absolute Gasteiger partial charge is 0.327 e. The molecule has 0 saturated heterocycles. The zero-order chi connectivity index (χ0) is 11.9. The summed E-state index contributed by atoms with van der Waals surface area (Å²) >= 11 is 0. The molecule has 0 fully saturated rings. The number of nitrogens with two attached hydrogens (primary N) is 1. The Morgan fingerprint density at radius 2 is 1.80 bits per heavy atom. The summed E-state index contributed by atoms with van der Waals surface area (Å²) in [5.74, 6) is 0.349. The molecule has 0 aliphatic carbocycles. The van der Waals surface area contributed by atoms with E-state index >= 15 is 0 Å². The summed E-state index contributed by atoms with van der Waals surface area (Å²) in [5, 5.41) is 0. The second-order valence-corrected chi connectivity index (χ2v) is 4.23. The Bertz CT molecular complexity index is 156. The van der Waals surface area contributed by atoms with Crippen LogP contribution in [0.2, 0.25) is 0 Å². The van der Waals surface area contributed by atoms with E-state index in [-0.39, 0.29) is 0 Å². The van der Waals surface area contributed by atoms with Gasteiger partial charge in [0, 0.05) is 6.04 Å². The summed E-state index contributed by atoms with van der Waals surface area (Å²) in [6.45, 7) is 4.10. The minimum atomic E-state index is -4.12. The predicted octanol–water partition coefficient (Wildman–Crippen LogP) is 3.87. The molecule has 92 valence electrons. The molecule has 2 unspecified atom stereocenters. The van der Waals surface area contributed by atoms with Crippen LogP contribution in [0.5, 0.6) is 0 Å². The van der Waals surface area contributed by atoms with Crippen molar-refractivity contribution in [3.05, 3.63) is 0 Å². The summed E-state index contributed by atoms with van der Waals surface area (Å²) in [5.41, 5.74) is 5.49. The molecule has 0 bridgehead atoms. The van der Waals surface area contributed by atoms with Crippen LogP contribution in [0, 0.1) is 5.92 Å². The van der Waals surface area contributed by atoms with E-state index in [0.717, 1.165) is 25.7 Å². The molecule has 2 atom stereocenters. The molecular weight excluding hydrogens is 203 g/mol. The van der Waals surface area contributed by atoms with E-state index < -0.39 is 18.6 Å². The molecule has 0 radical (unpaired) electrons. The Kier molecular flexibility index (Phi) is 6.98. The third-order valence-corrected chi connectivity index (χ3v) is 2.67. The lowest BCUT2D eigenvalue weighted by Gasteiger charge is -2.20. The van der Waals surface area contributed by atoms with Gasteiger partial charge in [0.1, 0.15) is 0 Å². The van der Waals surface area contributed by atoms with Crippen molar-refractivity contribution in [1.82, 2.24) is 0 Å². The quantitative estimate of drug-likeness (QED) is 0.699. The lowest BCUT2D eigenvalue weighted by molar-refractivity contribution is -0.139. The maximum atomic E-state index is 12.0. The van der Waals surface area contributed by atoms with Crippen LogP contribution in [0.4, 0.5) is 13.2 Å². The molecule has 0 aromatic rings. The van der Waals surface area contributed by atoms with Crippen LogP contribution in [0.15, 0.2) is 0 Å². The van der Waals surface area contributed by atoms with Gasteiger partial charge in [0.15, 0.2) is 0 Å². The molecular formula is C11H22F3N. The summed E-state index contributed by atoms with van der Waals surface area (Å²) in [6.07, 6.45) is -0.388. The molecule has 0 aromatic heterocycles. The highest BCUT2D eigenvalue weighted by atomic mass is 19.4. The lowest BCUT2D eigenvalue weighted by atomic mass is 9.91. The van der Waals surface area contributed by atoms with Gasteiger partial charge in [-0.1, -0.05) is 39.5 Å².